The molecule has 2 rings (SSSR count). The lowest BCUT2D eigenvalue weighted by molar-refractivity contribution is -0.134. The van der Waals surface area contributed by atoms with Gasteiger partial charge < -0.3 is 10.6 Å². The monoisotopic (exact) mass is 290 g/mol. The normalized spacial score (nSPS) is 10.5. The SMILES string of the molecule is CN(CC(N)=O)C(=O)Cn1c(=O)[nH]c(=O)c2ccccc21. The van der Waals surface area contributed by atoms with Crippen LogP contribution < -0.4 is 17.0 Å². The third-order valence-electron chi connectivity index (χ3n) is 3.02. The number of rotatable bonds is 4. The molecule has 0 saturated heterocycles. The number of fused-ring (bicyclic) bond motifs is 1. The minimum atomic E-state index is -0.681. The number of carbonyl (C=O) groups is 2. The summed E-state index contributed by atoms with van der Waals surface area (Å²) in [4.78, 5) is 49.6. The molecular weight excluding hydrogens is 276 g/mol. The topological polar surface area (TPSA) is 118 Å². The van der Waals surface area contributed by atoms with E-state index in [0.717, 1.165) is 9.47 Å². The minimum Gasteiger partial charge on any atom is -0.368 e. The second-order valence-electron chi connectivity index (χ2n) is 4.58. The van der Waals surface area contributed by atoms with Crippen molar-refractivity contribution in [2.75, 3.05) is 13.6 Å². The van der Waals surface area contributed by atoms with E-state index in [9.17, 15) is 19.2 Å². The Morgan fingerprint density at radius 1 is 1.29 bits per heavy atom. The van der Waals surface area contributed by atoms with Gasteiger partial charge in [0.05, 0.1) is 17.4 Å². The largest absolute Gasteiger partial charge is 0.368 e. The standard InChI is InChI=1S/C13H14N4O4/c1-16(6-10(14)18)11(19)7-17-9-5-3-2-4-8(9)12(20)15-13(17)21/h2-5H,6-7H2,1H3,(H2,14,18)(H,15,20,21). The van der Waals surface area contributed by atoms with Crippen LogP contribution in [0.5, 0.6) is 0 Å². The Kier molecular flexibility index (Phi) is 3.88. The number of nitrogens with one attached hydrogen (secondary N) is 1. The summed E-state index contributed by atoms with van der Waals surface area (Å²) in [5, 5.41) is 0.308. The highest BCUT2D eigenvalue weighted by Gasteiger charge is 2.15. The maximum atomic E-state index is 12.0. The number of amides is 2. The fourth-order valence-electron chi connectivity index (χ4n) is 1.98. The third-order valence-corrected chi connectivity index (χ3v) is 3.02. The fraction of sp³-hybridized carbons (Fsp3) is 0.231. The lowest BCUT2D eigenvalue weighted by Crippen LogP contribution is -2.40. The predicted octanol–water partition coefficient (Wildman–Crippen LogP) is -1.37. The molecule has 0 fully saturated rings. The molecule has 0 aliphatic heterocycles. The van der Waals surface area contributed by atoms with E-state index in [1.807, 2.05) is 0 Å². The van der Waals surface area contributed by atoms with E-state index >= 15 is 0 Å². The second kappa shape index (κ2) is 5.61. The summed E-state index contributed by atoms with van der Waals surface area (Å²) in [6, 6.07) is 6.46. The van der Waals surface area contributed by atoms with Gasteiger partial charge in [-0.25, -0.2) is 4.79 Å². The van der Waals surface area contributed by atoms with Crippen molar-refractivity contribution in [1.82, 2.24) is 14.5 Å². The van der Waals surface area contributed by atoms with E-state index in [1.165, 1.54) is 7.05 Å². The number of para-hydroxylation sites is 1. The molecule has 1 aromatic heterocycles. The quantitative estimate of drug-likeness (QED) is 0.722. The average molecular weight is 290 g/mol. The molecule has 1 heterocycles. The van der Waals surface area contributed by atoms with Gasteiger partial charge in [0.15, 0.2) is 0 Å². The summed E-state index contributed by atoms with van der Waals surface area (Å²) >= 11 is 0. The number of H-pyrrole nitrogens is 1. The summed E-state index contributed by atoms with van der Waals surface area (Å²) in [6.45, 7) is -0.533. The van der Waals surface area contributed by atoms with Crippen LogP contribution in [0, 0.1) is 0 Å². The zero-order valence-electron chi connectivity index (χ0n) is 11.3. The van der Waals surface area contributed by atoms with E-state index in [-0.39, 0.29) is 13.1 Å². The van der Waals surface area contributed by atoms with Crippen LogP contribution in [0.15, 0.2) is 33.9 Å². The van der Waals surface area contributed by atoms with E-state index < -0.39 is 23.1 Å². The first-order valence-corrected chi connectivity index (χ1v) is 6.14. The molecule has 0 aliphatic rings. The molecule has 0 atom stereocenters. The molecule has 1 aromatic carbocycles. The molecule has 0 unspecified atom stereocenters. The first-order chi connectivity index (χ1) is 9.90. The van der Waals surface area contributed by atoms with Crippen LogP contribution in [-0.2, 0) is 16.1 Å². The zero-order valence-corrected chi connectivity index (χ0v) is 11.3. The van der Waals surface area contributed by atoms with Gasteiger partial charge in [0.25, 0.3) is 5.56 Å². The van der Waals surface area contributed by atoms with Crippen LogP contribution in [0.1, 0.15) is 0 Å². The molecule has 8 heteroatoms. The Labute approximate surface area is 118 Å². The van der Waals surface area contributed by atoms with E-state index in [4.69, 9.17) is 5.73 Å². The average Bonchev–Trinajstić information content (AvgIpc) is 2.42. The van der Waals surface area contributed by atoms with Crippen molar-refractivity contribution in [3.8, 4) is 0 Å². The van der Waals surface area contributed by atoms with Crippen molar-refractivity contribution in [3.05, 3.63) is 45.1 Å². The van der Waals surface area contributed by atoms with Gasteiger partial charge in [-0.05, 0) is 12.1 Å². The maximum absolute atomic E-state index is 12.0. The van der Waals surface area contributed by atoms with Gasteiger partial charge in [0.1, 0.15) is 6.54 Å². The number of hydrogen-bond donors (Lipinski definition) is 2. The molecule has 21 heavy (non-hydrogen) atoms. The lowest BCUT2D eigenvalue weighted by atomic mass is 10.2. The first-order valence-electron chi connectivity index (χ1n) is 6.14. The van der Waals surface area contributed by atoms with Gasteiger partial charge in [0, 0.05) is 7.05 Å². The molecule has 0 radical (unpaired) electrons. The molecule has 0 aliphatic carbocycles. The molecule has 0 saturated carbocycles. The Bertz CT molecular complexity index is 821. The molecular formula is C13H14N4O4. The van der Waals surface area contributed by atoms with E-state index in [2.05, 4.69) is 4.98 Å². The zero-order chi connectivity index (χ0) is 15.6. The lowest BCUT2D eigenvalue weighted by Gasteiger charge is -2.16. The second-order valence-corrected chi connectivity index (χ2v) is 4.58. The Hall–Kier alpha value is -2.90. The number of nitrogens with two attached hydrogens (primary N) is 1. The summed E-state index contributed by atoms with van der Waals surface area (Å²) < 4.78 is 1.15. The van der Waals surface area contributed by atoms with Crippen LogP contribution in [0.2, 0.25) is 0 Å². The van der Waals surface area contributed by atoms with Crippen molar-refractivity contribution in [3.63, 3.8) is 0 Å². The number of hydrogen-bond acceptors (Lipinski definition) is 4. The van der Waals surface area contributed by atoms with Crippen molar-refractivity contribution in [2.24, 2.45) is 5.73 Å². The minimum absolute atomic E-state index is 0.241. The van der Waals surface area contributed by atoms with Crippen molar-refractivity contribution in [2.45, 2.75) is 6.54 Å². The Balaban J connectivity index is 2.43. The van der Waals surface area contributed by atoms with Crippen molar-refractivity contribution in [1.29, 1.82) is 0 Å². The van der Waals surface area contributed by atoms with Crippen molar-refractivity contribution >= 4 is 22.7 Å². The molecule has 2 amide bonds. The van der Waals surface area contributed by atoms with Gasteiger partial charge in [-0.15, -0.1) is 0 Å². The molecule has 2 aromatic rings. The van der Waals surface area contributed by atoms with Crippen LogP contribution >= 0.6 is 0 Å². The predicted molar refractivity (Wildman–Crippen MR) is 75.7 cm³/mol. The highest BCUT2D eigenvalue weighted by molar-refractivity contribution is 5.85. The molecule has 0 bridgehead atoms. The number of nitrogens with zero attached hydrogens (tertiary/aromatic N) is 2. The maximum Gasteiger partial charge on any atom is 0.329 e. The smallest absolute Gasteiger partial charge is 0.329 e. The third kappa shape index (κ3) is 2.99. The van der Waals surface area contributed by atoms with Crippen LogP contribution in [0.4, 0.5) is 0 Å². The summed E-state index contributed by atoms with van der Waals surface area (Å²) in [6.07, 6.45) is 0. The summed E-state index contributed by atoms with van der Waals surface area (Å²) in [5.41, 5.74) is 4.18. The highest BCUT2D eigenvalue weighted by atomic mass is 16.2. The van der Waals surface area contributed by atoms with E-state index in [1.54, 1.807) is 24.3 Å². The van der Waals surface area contributed by atoms with Crippen LogP contribution in [0.3, 0.4) is 0 Å². The van der Waals surface area contributed by atoms with E-state index in [0.29, 0.717) is 10.9 Å². The number of aromatic amines is 1. The van der Waals surface area contributed by atoms with Gasteiger partial charge in [-0.1, -0.05) is 12.1 Å². The number of aromatic nitrogens is 2. The molecule has 8 nitrogen and oxygen atoms in total. The van der Waals surface area contributed by atoms with Crippen LogP contribution in [0.25, 0.3) is 10.9 Å². The van der Waals surface area contributed by atoms with Gasteiger partial charge in [-0.3, -0.25) is 23.9 Å². The summed E-state index contributed by atoms with van der Waals surface area (Å²) in [5.74, 6) is -1.11. The number of benzene rings is 1. The number of carbonyl (C=O) groups excluding carboxylic acids is 2. The van der Waals surface area contributed by atoms with Gasteiger partial charge in [0.2, 0.25) is 11.8 Å². The Morgan fingerprint density at radius 3 is 2.62 bits per heavy atom. The molecule has 3 N–H and O–H groups in total. The number of primary amides is 1. The van der Waals surface area contributed by atoms with Crippen LogP contribution in [-0.4, -0.2) is 39.9 Å². The van der Waals surface area contributed by atoms with Gasteiger partial charge in [-0.2, -0.15) is 0 Å². The first kappa shape index (κ1) is 14.5. The summed E-state index contributed by atoms with van der Waals surface area (Å²) in [7, 11) is 1.41. The number of likely N-dealkylation sites (N-methyl/N-ethyl adjacent to an activating group) is 1. The highest BCUT2D eigenvalue weighted by Crippen LogP contribution is 2.06. The molecule has 110 valence electrons. The Morgan fingerprint density at radius 2 is 1.95 bits per heavy atom. The molecule has 0 spiro atoms. The van der Waals surface area contributed by atoms with Gasteiger partial charge >= 0.3 is 5.69 Å². The fourth-order valence-corrected chi connectivity index (χ4v) is 1.98. The van der Waals surface area contributed by atoms with Crippen molar-refractivity contribution < 1.29 is 9.59 Å².